The molecule has 18 nitrogen and oxygen atoms in total. The van der Waals surface area contributed by atoms with Gasteiger partial charge in [0.2, 0.25) is 23.6 Å². The van der Waals surface area contributed by atoms with Crippen LogP contribution in [0.25, 0.3) is 43.6 Å². The molecule has 21 heteroatoms. The number of halogens is 2. The molecule has 4 fully saturated rings. The lowest BCUT2D eigenvalue weighted by molar-refractivity contribution is -0.139. The van der Waals surface area contributed by atoms with E-state index in [0.29, 0.717) is 24.7 Å². The predicted molar refractivity (Wildman–Crippen MR) is 403 cm³/mol. The zero-order valence-corrected chi connectivity index (χ0v) is 62.9. The van der Waals surface area contributed by atoms with Crippen molar-refractivity contribution in [3.63, 3.8) is 0 Å². The second kappa shape index (κ2) is 29.9. The molecule has 8 aromatic rings. The fourth-order valence-electron chi connectivity index (χ4n) is 17.1. The molecule has 4 amide bonds. The number of sulfone groups is 1. The lowest BCUT2D eigenvalue weighted by Gasteiger charge is -2.42. The van der Waals surface area contributed by atoms with Crippen molar-refractivity contribution in [1.82, 2.24) is 57.5 Å². The van der Waals surface area contributed by atoms with E-state index in [-0.39, 0.29) is 60.3 Å². The Kier molecular flexibility index (Phi) is 21.5. The normalized spacial score (nSPS) is 19.7. The van der Waals surface area contributed by atoms with Crippen LogP contribution in [0.1, 0.15) is 122 Å². The summed E-state index contributed by atoms with van der Waals surface area (Å²) in [7, 11) is 5.61. The predicted octanol–water partition coefficient (Wildman–Crippen LogP) is 11.4. The summed E-state index contributed by atoms with van der Waals surface area (Å²) in [5.41, 5.74) is 17.8. The van der Waals surface area contributed by atoms with Gasteiger partial charge in [-0.05, 0) is 190 Å². The molecule has 16 rings (SSSR count). The first kappa shape index (κ1) is 71.7. The average molecular weight is 1420 g/mol. The highest BCUT2D eigenvalue weighted by atomic mass is 35.5. The summed E-state index contributed by atoms with van der Waals surface area (Å²) in [5.74, 6) is 1.65. The number of carbonyl (C=O) groups excluding carboxylic acids is 4. The zero-order valence-electron chi connectivity index (χ0n) is 60.6. The minimum absolute atomic E-state index is 0.0199. The molecule has 0 spiro atoms. The SMILES string of the molecule is CN1CCc2c(c3cc(Cl)ccc3n2CC(=O)N2CCCCC2(C)C)C1.CN1CCc2c(c3cc(Cl)ccc3n2CC(=O)N2CCS(=O)(=O)CC2)C1.Cc1ccc2c(c1)c1c(n2CC(=O)N2CCC(C)CC2)CCN(C)C1.Cc1ccc2c(c1)c1c(n2CC(=O)N2CCCC2)CCN(C)C1. The maximum Gasteiger partial charge on any atom is 0.242 e. The monoisotopic (exact) mass is 1420 g/mol. The van der Waals surface area contributed by atoms with Crippen molar-refractivity contribution in [2.75, 3.05) is 112 Å². The lowest BCUT2D eigenvalue weighted by Crippen LogP contribution is -2.51. The van der Waals surface area contributed by atoms with Gasteiger partial charge in [-0.1, -0.05) is 53.4 Å². The number of likely N-dealkylation sites (N-methyl/N-ethyl adjacent to an activating group) is 4. The summed E-state index contributed by atoms with van der Waals surface area (Å²) in [6.45, 7) is 25.7. The highest BCUT2D eigenvalue weighted by Gasteiger charge is 2.36. The molecule has 0 atom stereocenters. The standard InChI is InChI=1S/C21H28ClN3O.C21H29N3O.C19H25N3O.C18H22ClN3O3S/c1-21(2)9-4-5-10-25(21)20(26)14-24-18-7-6-15(22)12-16(18)17-13-23(3)11-8-19(17)24;1-15-6-10-23(11-7-15)21(25)14-24-19-5-4-16(2)12-17(19)18-13-22(3)9-8-20(18)24;1-14-5-6-17-15(11-14)16-12-20(2)10-7-18(16)22(17)13-19(23)21-8-3-4-9-21;1-20-5-4-17-15(11-20)14-10-13(19)2-3-16(14)22(17)12-18(23)21-6-8-26(24,25)9-7-21/h6-7,12H,4-5,8-11,13-14H2,1-3H3;4-5,12,15H,6-11,13-14H2,1-3H3;5-6,11H,3-4,7-10,12-13H2,1-2H3;2-3,10H,4-9,11-12H2,1H3. The Bertz CT molecular complexity index is 4520. The van der Waals surface area contributed by atoms with Gasteiger partial charge in [0.05, 0.1) is 11.5 Å². The molecule has 0 radical (unpaired) electrons. The van der Waals surface area contributed by atoms with Gasteiger partial charge < -0.3 is 57.5 Å². The molecule has 0 aliphatic carbocycles. The first-order chi connectivity index (χ1) is 47.9. The third-order valence-corrected chi connectivity index (χ3v) is 25.0. The second-order valence-electron chi connectivity index (χ2n) is 30.9. The molecular weight excluding hydrogens is 1320 g/mol. The maximum absolute atomic E-state index is 13.2. The molecule has 0 bridgehead atoms. The van der Waals surface area contributed by atoms with Gasteiger partial charge in [0.1, 0.15) is 26.2 Å². The Morgan fingerprint density at radius 2 is 0.760 bits per heavy atom. The Labute approximate surface area is 601 Å². The van der Waals surface area contributed by atoms with Crippen molar-refractivity contribution < 1.29 is 27.6 Å². The summed E-state index contributed by atoms with van der Waals surface area (Å²) in [6, 6.07) is 25.2. The highest BCUT2D eigenvalue weighted by Crippen LogP contribution is 2.38. The number of aryl methyl sites for hydroxylation is 2. The Hall–Kier alpha value is -6.71. The lowest BCUT2D eigenvalue weighted by atomic mass is 9.90. The topological polar surface area (TPSA) is 148 Å². The number of aromatic nitrogens is 4. The van der Waals surface area contributed by atoms with E-state index in [1.807, 2.05) is 29.2 Å². The summed E-state index contributed by atoms with van der Waals surface area (Å²) in [5, 5.41) is 6.42. The fraction of sp³-hybridized carbons (Fsp3) is 0.544. The van der Waals surface area contributed by atoms with Gasteiger partial charge in [0.25, 0.3) is 0 Å². The van der Waals surface area contributed by atoms with E-state index >= 15 is 0 Å². The maximum atomic E-state index is 13.2. The van der Waals surface area contributed by atoms with Crippen molar-refractivity contribution in [2.24, 2.45) is 5.92 Å². The van der Waals surface area contributed by atoms with Crippen molar-refractivity contribution in [1.29, 1.82) is 0 Å². The largest absolute Gasteiger partial charge is 0.341 e. The number of likely N-dealkylation sites (tertiary alicyclic amines) is 3. The molecule has 4 aromatic carbocycles. The number of rotatable bonds is 8. The summed E-state index contributed by atoms with van der Waals surface area (Å²) in [6.07, 6.45) is 11.9. The number of carbonyl (C=O) groups is 4. The zero-order chi connectivity index (χ0) is 70.5. The first-order valence-electron chi connectivity index (χ1n) is 36.8. The average Bonchev–Trinajstić information content (AvgIpc) is 1.63. The van der Waals surface area contributed by atoms with Crippen LogP contribution in [0.3, 0.4) is 0 Å². The van der Waals surface area contributed by atoms with E-state index in [2.05, 4.69) is 159 Å². The summed E-state index contributed by atoms with van der Waals surface area (Å²) in [4.78, 5) is 68.8. The number of fused-ring (bicyclic) bond motifs is 12. The highest BCUT2D eigenvalue weighted by molar-refractivity contribution is 7.91. The third-order valence-electron chi connectivity index (χ3n) is 22.9. The Balaban J connectivity index is 0.000000120. The number of benzene rings is 4. The van der Waals surface area contributed by atoms with E-state index in [4.69, 9.17) is 23.2 Å². The number of hydrogen-bond acceptors (Lipinski definition) is 10. The third kappa shape index (κ3) is 15.3. The minimum Gasteiger partial charge on any atom is -0.341 e. The van der Waals surface area contributed by atoms with Crippen LogP contribution in [0.5, 0.6) is 0 Å². The molecule has 0 N–H and O–H groups in total. The summed E-state index contributed by atoms with van der Waals surface area (Å²) >= 11 is 12.5. The number of hydrogen-bond donors (Lipinski definition) is 0. The van der Waals surface area contributed by atoms with Crippen LogP contribution < -0.4 is 0 Å². The van der Waals surface area contributed by atoms with E-state index < -0.39 is 9.84 Å². The number of nitrogens with zero attached hydrogens (tertiary/aromatic N) is 12. The van der Waals surface area contributed by atoms with E-state index in [0.717, 1.165) is 177 Å². The smallest absolute Gasteiger partial charge is 0.242 e. The van der Waals surface area contributed by atoms with Crippen molar-refractivity contribution in [3.8, 4) is 0 Å². The second-order valence-corrected chi connectivity index (χ2v) is 34.0. The molecule has 12 heterocycles. The molecule has 4 saturated heterocycles. The van der Waals surface area contributed by atoms with Gasteiger partial charge in [0.15, 0.2) is 9.84 Å². The number of amides is 4. The van der Waals surface area contributed by atoms with Gasteiger partial charge in [-0.15, -0.1) is 0 Å². The molecule has 100 heavy (non-hydrogen) atoms. The van der Waals surface area contributed by atoms with Crippen LogP contribution in [-0.2, 0) is 107 Å². The van der Waals surface area contributed by atoms with Gasteiger partial charge in [0, 0.05) is 206 Å². The van der Waals surface area contributed by atoms with Crippen LogP contribution >= 0.6 is 23.2 Å². The van der Waals surface area contributed by atoms with Crippen LogP contribution in [0.4, 0.5) is 0 Å². The van der Waals surface area contributed by atoms with Crippen LogP contribution in [0.15, 0.2) is 72.8 Å². The molecule has 4 aromatic heterocycles. The van der Waals surface area contributed by atoms with Crippen LogP contribution in [-0.4, -0.2) is 207 Å². The van der Waals surface area contributed by atoms with Crippen molar-refractivity contribution >= 4 is 100 Å². The van der Waals surface area contributed by atoms with Gasteiger partial charge in [-0.3, -0.25) is 19.2 Å². The van der Waals surface area contributed by atoms with Gasteiger partial charge in [-0.2, -0.15) is 0 Å². The van der Waals surface area contributed by atoms with E-state index in [1.165, 1.54) is 89.8 Å². The van der Waals surface area contributed by atoms with Crippen molar-refractivity contribution in [2.45, 2.75) is 163 Å². The minimum atomic E-state index is -2.99. The molecule has 0 saturated carbocycles. The quantitative estimate of drug-likeness (QED) is 0.144. The first-order valence-corrected chi connectivity index (χ1v) is 39.3. The van der Waals surface area contributed by atoms with E-state index in [9.17, 15) is 27.6 Å². The molecule has 0 unspecified atom stereocenters. The Morgan fingerprint density at radius 1 is 0.430 bits per heavy atom. The summed E-state index contributed by atoms with van der Waals surface area (Å²) < 4.78 is 32.1. The molecule has 8 aliphatic rings. The molecule has 8 aliphatic heterocycles. The fourth-order valence-corrected chi connectivity index (χ4v) is 18.6. The molecular formula is C79H104Cl2N12O6S. The van der Waals surface area contributed by atoms with E-state index in [1.54, 1.807) is 4.90 Å². The van der Waals surface area contributed by atoms with Crippen LogP contribution in [0.2, 0.25) is 10.0 Å². The van der Waals surface area contributed by atoms with Crippen molar-refractivity contribution in [3.05, 3.63) is 139 Å². The Morgan fingerprint density at radius 3 is 1.14 bits per heavy atom. The van der Waals surface area contributed by atoms with Gasteiger partial charge in [-0.25, -0.2) is 8.42 Å². The number of piperidine rings is 2. The van der Waals surface area contributed by atoms with Crippen LogP contribution in [0, 0.1) is 19.8 Å². The van der Waals surface area contributed by atoms with Gasteiger partial charge >= 0.3 is 0 Å². The molecule has 536 valence electrons.